The highest BCUT2D eigenvalue weighted by Gasteiger charge is 1.99. The van der Waals surface area contributed by atoms with E-state index in [1.54, 1.807) is 18.2 Å². The maximum atomic E-state index is 12.1. The second-order valence-electron chi connectivity index (χ2n) is 2.16. The summed E-state index contributed by atoms with van der Waals surface area (Å²) in [5.41, 5.74) is 1.51. The Kier molecular flexibility index (Phi) is 2.28. The van der Waals surface area contributed by atoms with Crippen LogP contribution in [0.3, 0.4) is 0 Å². The van der Waals surface area contributed by atoms with Gasteiger partial charge < -0.3 is 0 Å². The lowest BCUT2D eigenvalue weighted by atomic mass is 10.1. The lowest BCUT2D eigenvalue weighted by Crippen LogP contribution is -1.84. The zero-order valence-corrected chi connectivity index (χ0v) is 6.45. The topological polar surface area (TPSA) is 0 Å². The quantitative estimate of drug-likeness (QED) is 0.589. The lowest BCUT2D eigenvalue weighted by molar-refractivity contribution is 0.483. The van der Waals surface area contributed by atoms with Crippen LogP contribution in [0.25, 0.3) is 0 Å². The summed E-state index contributed by atoms with van der Waals surface area (Å²) in [6, 6.07) is 5.25. The van der Waals surface area contributed by atoms with Gasteiger partial charge in [-0.2, -0.15) is 0 Å². The van der Waals surface area contributed by atoms with E-state index in [1.807, 2.05) is 6.92 Å². The summed E-state index contributed by atoms with van der Waals surface area (Å²) < 4.78 is 12.1. The average molecular weight is 159 g/mol. The van der Waals surface area contributed by atoms with Gasteiger partial charge in [-0.1, -0.05) is 23.7 Å². The van der Waals surface area contributed by atoms with Crippen LogP contribution in [0.5, 0.6) is 0 Å². The molecule has 0 aliphatic rings. The fourth-order valence-electron chi connectivity index (χ4n) is 0.797. The van der Waals surface area contributed by atoms with Gasteiger partial charge in [0.2, 0.25) is 0 Å². The molecule has 1 aromatic carbocycles. The van der Waals surface area contributed by atoms with Gasteiger partial charge in [-0.05, 0) is 24.1 Å². The van der Waals surface area contributed by atoms with Crippen molar-refractivity contribution in [3.8, 4) is 0 Å². The van der Waals surface area contributed by atoms with Crippen molar-refractivity contribution in [3.63, 3.8) is 0 Å². The standard InChI is InChI=1S/C8H8ClF/c1-6-7(5-10)3-2-4-8(6)9/h2-4H,5H2,1H3. The Balaban J connectivity index is 3.14. The molecule has 1 aromatic rings. The van der Waals surface area contributed by atoms with Crippen molar-refractivity contribution in [2.24, 2.45) is 0 Å². The number of hydrogen-bond acceptors (Lipinski definition) is 0. The molecule has 0 saturated heterocycles. The fraction of sp³-hybridized carbons (Fsp3) is 0.250. The van der Waals surface area contributed by atoms with Crippen molar-refractivity contribution in [2.75, 3.05) is 0 Å². The van der Waals surface area contributed by atoms with Gasteiger partial charge in [0.1, 0.15) is 6.67 Å². The molecule has 0 aromatic heterocycles. The molecule has 0 bridgehead atoms. The molecule has 0 atom stereocenters. The lowest BCUT2D eigenvalue weighted by Gasteiger charge is -2.00. The van der Waals surface area contributed by atoms with Crippen LogP contribution >= 0.6 is 11.6 Å². The van der Waals surface area contributed by atoms with Crippen molar-refractivity contribution in [1.29, 1.82) is 0 Å². The van der Waals surface area contributed by atoms with Crippen molar-refractivity contribution in [3.05, 3.63) is 34.3 Å². The molecule has 0 heterocycles. The Morgan fingerprint density at radius 1 is 1.50 bits per heavy atom. The van der Waals surface area contributed by atoms with Crippen molar-refractivity contribution >= 4 is 11.6 Å². The first-order valence-electron chi connectivity index (χ1n) is 3.05. The van der Waals surface area contributed by atoms with Crippen molar-refractivity contribution < 1.29 is 4.39 Å². The molecule has 0 aliphatic carbocycles. The molecule has 0 saturated carbocycles. The molecule has 54 valence electrons. The Labute approximate surface area is 64.6 Å². The molecule has 0 radical (unpaired) electrons. The fourth-order valence-corrected chi connectivity index (χ4v) is 0.991. The predicted molar refractivity (Wildman–Crippen MR) is 41.0 cm³/mol. The molecule has 10 heavy (non-hydrogen) atoms. The minimum absolute atomic E-state index is 0.438. The SMILES string of the molecule is Cc1c(Cl)cccc1CF. The zero-order chi connectivity index (χ0) is 7.56. The van der Waals surface area contributed by atoms with Crippen LogP contribution in [0.2, 0.25) is 5.02 Å². The van der Waals surface area contributed by atoms with Gasteiger partial charge in [0.15, 0.2) is 0 Å². The summed E-state index contributed by atoms with van der Waals surface area (Å²) in [5, 5.41) is 0.634. The molecular formula is C8H8ClF. The number of benzene rings is 1. The van der Waals surface area contributed by atoms with Crippen LogP contribution in [-0.2, 0) is 6.67 Å². The second kappa shape index (κ2) is 3.02. The second-order valence-corrected chi connectivity index (χ2v) is 2.56. The summed E-state index contributed by atoms with van der Waals surface area (Å²) in [5.74, 6) is 0. The summed E-state index contributed by atoms with van der Waals surface area (Å²) in [4.78, 5) is 0. The number of rotatable bonds is 1. The molecule has 0 aliphatic heterocycles. The third-order valence-corrected chi connectivity index (χ3v) is 1.93. The van der Waals surface area contributed by atoms with E-state index in [1.165, 1.54) is 0 Å². The van der Waals surface area contributed by atoms with E-state index in [9.17, 15) is 4.39 Å². The highest BCUT2D eigenvalue weighted by atomic mass is 35.5. The van der Waals surface area contributed by atoms with Crippen LogP contribution < -0.4 is 0 Å². The van der Waals surface area contributed by atoms with Gasteiger partial charge in [0, 0.05) is 5.02 Å². The maximum Gasteiger partial charge on any atom is 0.115 e. The number of hydrogen-bond donors (Lipinski definition) is 0. The van der Waals surface area contributed by atoms with E-state index in [2.05, 4.69) is 0 Å². The highest BCUT2D eigenvalue weighted by molar-refractivity contribution is 6.31. The molecule has 0 nitrogen and oxygen atoms in total. The van der Waals surface area contributed by atoms with Gasteiger partial charge in [-0.25, -0.2) is 4.39 Å². The molecular weight excluding hydrogens is 151 g/mol. The van der Waals surface area contributed by atoms with Crippen LogP contribution in [0, 0.1) is 6.92 Å². The third kappa shape index (κ3) is 1.29. The third-order valence-electron chi connectivity index (χ3n) is 1.52. The van der Waals surface area contributed by atoms with E-state index < -0.39 is 6.67 Å². The first-order valence-corrected chi connectivity index (χ1v) is 3.43. The zero-order valence-electron chi connectivity index (χ0n) is 5.70. The first kappa shape index (κ1) is 7.55. The Bertz CT molecular complexity index is 233. The maximum absolute atomic E-state index is 12.1. The summed E-state index contributed by atoms with van der Waals surface area (Å²) in [7, 11) is 0. The normalized spacial score (nSPS) is 9.90. The Morgan fingerprint density at radius 2 is 2.20 bits per heavy atom. The molecule has 0 spiro atoms. The molecule has 0 amide bonds. The van der Waals surface area contributed by atoms with Crippen LogP contribution in [0.15, 0.2) is 18.2 Å². The van der Waals surface area contributed by atoms with E-state index in [0.29, 0.717) is 10.6 Å². The Hall–Kier alpha value is -0.560. The van der Waals surface area contributed by atoms with Gasteiger partial charge >= 0.3 is 0 Å². The molecule has 0 N–H and O–H groups in total. The summed E-state index contributed by atoms with van der Waals surface area (Å²) >= 11 is 5.73. The van der Waals surface area contributed by atoms with E-state index in [0.717, 1.165) is 5.56 Å². The molecule has 2 heteroatoms. The monoisotopic (exact) mass is 158 g/mol. The highest BCUT2D eigenvalue weighted by Crippen LogP contribution is 2.18. The van der Waals surface area contributed by atoms with E-state index >= 15 is 0 Å². The van der Waals surface area contributed by atoms with Crippen LogP contribution in [0.4, 0.5) is 4.39 Å². The van der Waals surface area contributed by atoms with E-state index in [4.69, 9.17) is 11.6 Å². The van der Waals surface area contributed by atoms with Gasteiger partial charge in [0.25, 0.3) is 0 Å². The summed E-state index contributed by atoms with van der Waals surface area (Å²) in [6.45, 7) is 1.38. The van der Waals surface area contributed by atoms with Crippen molar-refractivity contribution in [2.45, 2.75) is 13.6 Å². The summed E-state index contributed by atoms with van der Waals surface area (Å²) in [6.07, 6.45) is 0. The molecule has 1 rings (SSSR count). The van der Waals surface area contributed by atoms with Crippen LogP contribution in [0.1, 0.15) is 11.1 Å². The minimum atomic E-state index is -0.438. The predicted octanol–water partition coefficient (Wildman–Crippen LogP) is 3.12. The van der Waals surface area contributed by atoms with E-state index in [-0.39, 0.29) is 0 Å². The number of alkyl halides is 1. The van der Waals surface area contributed by atoms with Gasteiger partial charge in [0.05, 0.1) is 0 Å². The average Bonchev–Trinajstić information content (AvgIpc) is 1.95. The number of halogens is 2. The van der Waals surface area contributed by atoms with Crippen LogP contribution in [-0.4, -0.2) is 0 Å². The first-order chi connectivity index (χ1) is 4.75. The van der Waals surface area contributed by atoms with Gasteiger partial charge in [-0.15, -0.1) is 0 Å². The smallest absolute Gasteiger partial charge is 0.115 e. The Morgan fingerprint density at radius 3 is 2.70 bits per heavy atom. The van der Waals surface area contributed by atoms with Crippen molar-refractivity contribution in [1.82, 2.24) is 0 Å². The van der Waals surface area contributed by atoms with Gasteiger partial charge in [-0.3, -0.25) is 0 Å². The minimum Gasteiger partial charge on any atom is -0.246 e. The molecule has 0 unspecified atom stereocenters. The largest absolute Gasteiger partial charge is 0.246 e. The molecule has 0 fully saturated rings.